The summed E-state index contributed by atoms with van der Waals surface area (Å²) in [6.07, 6.45) is 7.34. The molecule has 84 valence electrons. The van der Waals surface area contributed by atoms with Gasteiger partial charge in [-0.05, 0) is 43.5 Å². The lowest BCUT2D eigenvalue weighted by Gasteiger charge is -2.19. The van der Waals surface area contributed by atoms with Gasteiger partial charge in [-0.3, -0.25) is 4.98 Å². The van der Waals surface area contributed by atoms with E-state index in [2.05, 4.69) is 36.3 Å². The maximum Gasteiger partial charge on any atom is 0.0270 e. The third kappa shape index (κ3) is 4.43. The summed E-state index contributed by atoms with van der Waals surface area (Å²) >= 11 is 0. The summed E-state index contributed by atoms with van der Waals surface area (Å²) in [5.41, 5.74) is 1.37. The zero-order chi connectivity index (χ0) is 11.1. The predicted octanol–water partition coefficient (Wildman–Crippen LogP) is 2.65. The minimum absolute atomic E-state index is 0.586. The number of hydrogen-bond donors (Lipinski definition) is 1. The summed E-state index contributed by atoms with van der Waals surface area (Å²) in [6.45, 7) is 4.57. The first-order valence-corrected chi connectivity index (χ1v) is 5.82. The second-order valence-corrected chi connectivity index (χ2v) is 4.29. The summed E-state index contributed by atoms with van der Waals surface area (Å²) in [6, 6.07) is 4.78. The fraction of sp³-hybridized carbons (Fsp3) is 0.615. The van der Waals surface area contributed by atoms with Gasteiger partial charge >= 0.3 is 0 Å². The van der Waals surface area contributed by atoms with Gasteiger partial charge in [0.15, 0.2) is 0 Å². The molecule has 1 aromatic rings. The van der Waals surface area contributed by atoms with Crippen molar-refractivity contribution in [1.29, 1.82) is 0 Å². The van der Waals surface area contributed by atoms with E-state index in [4.69, 9.17) is 0 Å². The molecule has 1 heterocycles. The molecule has 0 aliphatic heterocycles. The van der Waals surface area contributed by atoms with Crippen molar-refractivity contribution in [3.63, 3.8) is 0 Å². The number of nitrogens with zero attached hydrogens (tertiary/aromatic N) is 1. The molecule has 0 radical (unpaired) electrons. The summed E-state index contributed by atoms with van der Waals surface area (Å²) in [7, 11) is 2.05. The van der Waals surface area contributed by atoms with Crippen molar-refractivity contribution < 1.29 is 0 Å². The monoisotopic (exact) mass is 206 g/mol. The van der Waals surface area contributed by atoms with Gasteiger partial charge in [0.25, 0.3) is 0 Å². The van der Waals surface area contributed by atoms with Gasteiger partial charge in [0, 0.05) is 18.4 Å². The fourth-order valence-electron chi connectivity index (χ4n) is 1.76. The normalized spacial score (nSPS) is 14.9. The maximum absolute atomic E-state index is 4.04. The molecule has 0 bridgehead atoms. The Morgan fingerprint density at radius 2 is 2.00 bits per heavy atom. The molecule has 0 saturated carbocycles. The molecule has 0 fully saturated rings. The highest BCUT2D eigenvalue weighted by atomic mass is 14.9. The topological polar surface area (TPSA) is 24.9 Å². The average Bonchev–Trinajstić information content (AvgIpc) is 2.29. The Kier molecular flexibility index (Phi) is 5.33. The van der Waals surface area contributed by atoms with Gasteiger partial charge in [-0.25, -0.2) is 0 Å². The molecule has 15 heavy (non-hydrogen) atoms. The van der Waals surface area contributed by atoms with Gasteiger partial charge in [0.2, 0.25) is 0 Å². The van der Waals surface area contributed by atoms with E-state index >= 15 is 0 Å². The van der Waals surface area contributed by atoms with Crippen molar-refractivity contribution in [1.82, 2.24) is 10.3 Å². The lowest BCUT2D eigenvalue weighted by Crippen LogP contribution is -2.29. The first kappa shape index (κ1) is 12.2. The first-order valence-electron chi connectivity index (χ1n) is 5.82. The SMILES string of the molecule is CCC(C)CC(Cc1ccncc1)NC. The van der Waals surface area contributed by atoms with Crippen LogP contribution in [-0.4, -0.2) is 18.1 Å². The van der Waals surface area contributed by atoms with Gasteiger partial charge in [-0.2, -0.15) is 0 Å². The lowest BCUT2D eigenvalue weighted by molar-refractivity contribution is 0.410. The van der Waals surface area contributed by atoms with Crippen LogP contribution in [0.1, 0.15) is 32.3 Å². The van der Waals surface area contributed by atoms with E-state index in [1.54, 1.807) is 0 Å². The smallest absolute Gasteiger partial charge is 0.0270 e. The van der Waals surface area contributed by atoms with Crippen LogP contribution in [0.25, 0.3) is 0 Å². The molecule has 0 amide bonds. The van der Waals surface area contributed by atoms with Crippen LogP contribution in [0.15, 0.2) is 24.5 Å². The molecule has 1 rings (SSSR count). The second kappa shape index (κ2) is 6.57. The van der Waals surface area contributed by atoms with Gasteiger partial charge in [0.1, 0.15) is 0 Å². The van der Waals surface area contributed by atoms with Gasteiger partial charge in [-0.1, -0.05) is 20.3 Å². The molecule has 2 heteroatoms. The van der Waals surface area contributed by atoms with Crippen molar-refractivity contribution >= 4 is 0 Å². The van der Waals surface area contributed by atoms with Crippen LogP contribution in [0.2, 0.25) is 0 Å². The van der Waals surface area contributed by atoms with Crippen LogP contribution < -0.4 is 5.32 Å². The lowest BCUT2D eigenvalue weighted by atomic mass is 9.95. The third-order valence-corrected chi connectivity index (χ3v) is 3.02. The summed E-state index contributed by atoms with van der Waals surface area (Å²) in [5.74, 6) is 0.796. The molecule has 2 unspecified atom stereocenters. The van der Waals surface area contributed by atoms with Crippen LogP contribution in [0.3, 0.4) is 0 Å². The summed E-state index contributed by atoms with van der Waals surface area (Å²) in [4.78, 5) is 4.04. The van der Waals surface area contributed by atoms with Crippen LogP contribution in [-0.2, 0) is 6.42 Å². The predicted molar refractivity (Wildman–Crippen MR) is 64.9 cm³/mol. The molecule has 0 aliphatic rings. The first-order chi connectivity index (χ1) is 7.26. The second-order valence-electron chi connectivity index (χ2n) is 4.29. The number of pyridine rings is 1. The number of likely N-dealkylation sites (N-methyl/N-ethyl adjacent to an activating group) is 1. The van der Waals surface area contributed by atoms with E-state index in [-0.39, 0.29) is 0 Å². The van der Waals surface area contributed by atoms with E-state index in [1.165, 1.54) is 18.4 Å². The average molecular weight is 206 g/mol. The molecule has 1 aromatic heterocycles. The Bertz CT molecular complexity index is 258. The minimum Gasteiger partial charge on any atom is -0.317 e. The third-order valence-electron chi connectivity index (χ3n) is 3.02. The van der Waals surface area contributed by atoms with Gasteiger partial charge in [-0.15, -0.1) is 0 Å². The molecule has 0 saturated heterocycles. The number of hydrogen-bond acceptors (Lipinski definition) is 2. The van der Waals surface area contributed by atoms with E-state index in [0.717, 1.165) is 12.3 Å². The standard InChI is InChI=1S/C13H22N2/c1-4-11(2)9-13(14-3)10-12-5-7-15-8-6-12/h5-8,11,13-14H,4,9-10H2,1-3H3. The van der Waals surface area contributed by atoms with Gasteiger partial charge in [0.05, 0.1) is 0 Å². The quantitative estimate of drug-likeness (QED) is 0.774. The number of nitrogens with one attached hydrogen (secondary N) is 1. The summed E-state index contributed by atoms with van der Waals surface area (Å²) < 4.78 is 0. The largest absolute Gasteiger partial charge is 0.317 e. The van der Waals surface area contributed by atoms with Crippen LogP contribution >= 0.6 is 0 Å². The van der Waals surface area contributed by atoms with Crippen molar-refractivity contribution in [3.8, 4) is 0 Å². The van der Waals surface area contributed by atoms with Crippen LogP contribution in [0.4, 0.5) is 0 Å². The Balaban J connectivity index is 2.47. The highest BCUT2D eigenvalue weighted by molar-refractivity contribution is 5.11. The van der Waals surface area contributed by atoms with E-state index < -0.39 is 0 Å². The molecular formula is C13H22N2. The Morgan fingerprint density at radius 1 is 1.33 bits per heavy atom. The highest BCUT2D eigenvalue weighted by Gasteiger charge is 2.10. The van der Waals surface area contributed by atoms with E-state index in [9.17, 15) is 0 Å². The Hall–Kier alpha value is -0.890. The van der Waals surface area contributed by atoms with Crippen molar-refractivity contribution in [2.24, 2.45) is 5.92 Å². The highest BCUT2D eigenvalue weighted by Crippen LogP contribution is 2.13. The van der Waals surface area contributed by atoms with Crippen LogP contribution in [0.5, 0.6) is 0 Å². The zero-order valence-electron chi connectivity index (χ0n) is 10.0. The molecule has 0 aliphatic carbocycles. The van der Waals surface area contributed by atoms with Crippen molar-refractivity contribution in [2.45, 2.75) is 39.2 Å². The maximum atomic E-state index is 4.04. The van der Waals surface area contributed by atoms with Crippen molar-refractivity contribution in [2.75, 3.05) is 7.05 Å². The molecule has 2 atom stereocenters. The van der Waals surface area contributed by atoms with Crippen LogP contribution in [0, 0.1) is 5.92 Å². The minimum atomic E-state index is 0.586. The summed E-state index contributed by atoms with van der Waals surface area (Å²) in [5, 5.41) is 3.40. The van der Waals surface area contributed by atoms with E-state index in [1.807, 2.05) is 19.4 Å². The zero-order valence-corrected chi connectivity index (χ0v) is 10.0. The molecule has 2 nitrogen and oxygen atoms in total. The molecule has 1 N–H and O–H groups in total. The Morgan fingerprint density at radius 3 is 2.53 bits per heavy atom. The van der Waals surface area contributed by atoms with Gasteiger partial charge < -0.3 is 5.32 Å². The molecule has 0 aromatic carbocycles. The number of aromatic nitrogens is 1. The molecular weight excluding hydrogens is 184 g/mol. The Labute approximate surface area is 93.1 Å². The number of rotatable bonds is 6. The van der Waals surface area contributed by atoms with E-state index in [0.29, 0.717) is 6.04 Å². The molecule has 0 spiro atoms. The fourth-order valence-corrected chi connectivity index (χ4v) is 1.76. The van der Waals surface area contributed by atoms with Crippen molar-refractivity contribution in [3.05, 3.63) is 30.1 Å².